The molecule has 4 nitrogen and oxygen atoms in total. The van der Waals surface area contributed by atoms with Gasteiger partial charge in [-0.15, -0.1) is 0 Å². The first-order valence-electron chi connectivity index (χ1n) is 4.47. The normalized spacial score (nSPS) is 44.8. The monoisotopic (exact) mass is 190 g/mol. The van der Waals surface area contributed by atoms with Crippen LogP contribution in [0.4, 0.5) is 0 Å². The Hall–Kier alpha value is -0.160. The molecule has 1 rings (SSSR count). The average Bonchev–Trinajstić information content (AvgIpc) is 2.00. The SMILES string of the molecule is COC1C(O)C(O)C(C)OC1(C)C. The minimum Gasteiger partial charge on any atom is -0.388 e. The summed E-state index contributed by atoms with van der Waals surface area (Å²) in [5.74, 6) is 0. The molecule has 1 aliphatic heterocycles. The number of ether oxygens (including phenoxy) is 2. The van der Waals surface area contributed by atoms with Crippen LogP contribution < -0.4 is 0 Å². The molecule has 0 radical (unpaired) electrons. The number of methoxy groups -OCH3 is 1. The Morgan fingerprint density at radius 3 is 2.23 bits per heavy atom. The summed E-state index contributed by atoms with van der Waals surface area (Å²) in [5.41, 5.74) is -0.563. The van der Waals surface area contributed by atoms with Gasteiger partial charge in [-0.2, -0.15) is 0 Å². The van der Waals surface area contributed by atoms with Crippen molar-refractivity contribution in [2.24, 2.45) is 0 Å². The molecule has 0 aromatic rings. The zero-order valence-corrected chi connectivity index (χ0v) is 8.52. The second kappa shape index (κ2) is 3.53. The van der Waals surface area contributed by atoms with Crippen molar-refractivity contribution in [2.75, 3.05) is 7.11 Å². The van der Waals surface area contributed by atoms with E-state index in [1.165, 1.54) is 7.11 Å². The van der Waals surface area contributed by atoms with Crippen LogP contribution in [-0.2, 0) is 9.47 Å². The van der Waals surface area contributed by atoms with Gasteiger partial charge in [-0.25, -0.2) is 0 Å². The molecule has 0 aromatic heterocycles. The zero-order chi connectivity index (χ0) is 10.2. The van der Waals surface area contributed by atoms with Crippen molar-refractivity contribution in [3.05, 3.63) is 0 Å². The molecule has 0 aromatic carbocycles. The average molecular weight is 190 g/mol. The highest BCUT2D eigenvalue weighted by molar-refractivity contribution is 4.96. The standard InChI is InChI=1S/C9H18O4/c1-5-6(10)7(11)8(12-4)9(2,3)13-5/h5-8,10-11H,1-4H3. The Morgan fingerprint density at radius 2 is 1.77 bits per heavy atom. The molecule has 1 aliphatic rings. The molecule has 0 saturated carbocycles. The fourth-order valence-corrected chi connectivity index (χ4v) is 1.91. The molecule has 4 unspecified atom stereocenters. The fraction of sp³-hybridized carbons (Fsp3) is 1.00. The van der Waals surface area contributed by atoms with E-state index in [4.69, 9.17) is 9.47 Å². The third-order valence-electron chi connectivity index (χ3n) is 2.57. The van der Waals surface area contributed by atoms with Gasteiger partial charge in [0.1, 0.15) is 18.3 Å². The van der Waals surface area contributed by atoms with Crippen LogP contribution in [0.1, 0.15) is 20.8 Å². The van der Waals surface area contributed by atoms with Crippen LogP contribution in [0.3, 0.4) is 0 Å². The van der Waals surface area contributed by atoms with E-state index in [0.717, 1.165) is 0 Å². The van der Waals surface area contributed by atoms with Crippen molar-refractivity contribution in [1.29, 1.82) is 0 Å². The maximum absolute atomic E-state index is 9.69. The maximum Gasteiger partial charge on any atom is 0.114 e. The Bertz CT molecular complexity index is 180. The quantitative estimate of drug-likeness (QED) is 0.607. The number of hydrogen-bond donors (Lipinski definition) is 2. The largest absolute Gasteiger partial charge is 0.388 e. The Balaban J connectivity index is 2.82. The molecule has 1 fully saturated rings. The molecule has 0 spiro atoms. The predicted molar refractivity (Wildman–Crippen MR) is 47.4 cm³/mol. The summed E-state index contributed by atoms with van der Waals surface area (Å²) in [6, 6.07) is 0. The minimum atomic E-state index is -0.885. The van der Waals surface area contributed by atoms with Gasteiger partial charge in [0.05, 0.1) is 11.7 Å². The lowest BCUT2D eigenvalue weighted by molar-refractivity contribution is -0.258. The molecule has 0 aliphatic carbocycles. The summed E-state index contributed by atoms with van der Waals surface area (Å²) in [6.07, 6.45) is -2.61. The lowest BCUT2D eigenvalue weighted by Gasteiger charge is -2.46. The first-order valence-corrected chi connectivity index (χ1v) is 4.47. The van der Waals surface area contributed by atoms with E-state index < -0.39 is 23.9 Å². The number of rotatable bonds is 1. The van der Waals surface area contributed by atoms with E-state index in [0.29, 0.717) is 0 Å². The molecule has 1 saturated heterocycles. The molecule has 4 heteroatoms. The summed E-state index contributed by atoms with van der Waals surface area (Å²) in [4.78, 5) is 0. The second-order valence-corrected chi connectivity index (χ2v) is 4.06. The summed E-state index contributed by atoms with van der Waals surface area (Å²) in [7, 11) is 1.50. The van der Waals surface area contributed by atoms with Crippen LogP contribution in [0.2, 0.25) is 0 Å². The first-order chi connectivity index (χ1) is 5.90. The molecule has 0 bridgehead atoms. The van der Waals surface area contributed by atoms with E-state index in [9.17, 15) is 10.2 Å². The molecule has 1 heterocycles. The summed E-state index contributed by atoms with van der Waals surface area (Å²) >= 11 is 0. The molecule has 0 amide bonds. The van der Waals surface area contributed by atoms with Crippen molar-refractivity contribution in [3.63, 3.8) is 0 Å². The smallest absolute Gasteiger partial charge is 0.114 e. The van der Waals surface area contributed by atoms with Crippen LogP contribution in [-0.4, -0.2) is 47.3 Å². The van der Waals surface area contributed by atoms with Crippen molar-refractivity contribution >= 4 is 0 Å². The highest BCUT2D eigenvalue weighted by Crippen LogP contribution is 2.30. The van der Waals surface area contributed by atoms with Crippen molar-refractivity contribution in [3.8, 4) is 0 Å². The third kappa shape index (κ3) is 1.86. The molecule has 13 heavy (non-hydrogen) atoms. The predicted octanol–water partition coefficient (Wildman–Crippen LogP) is -0.0795. The van der Waals surface area contributed by atoms with E-state index in [1.54, 1.807) is 6.92 Å². The van der Waals surface area contributed by atoms with Gasteiger partial charge in [-0.1, -0.05) is 0 Å². The highest BCUT2D eigenvalue weighted by Gasteiger charge is 2.47. The van der Waals surface area contributed by atoms with Gasteiger partial charge in [-0.05, 0) is 20.8 Å². The highest BCUT2D eigenvalue weighted by atomic mass is 16.6. The van der Waals surface area contributed by atoms with Crippen LogP contribution in [0.25, 0.3) is 0 Å². The number of hydrogen-bond acceptors (Lipinski definition) is 4. The van der Waals surface area contributed by atoms with E-state index in [2.05, 4.69) is 0 Å². The summed E-state index contributed by atoms with van der Waals surface area (Å²) in [6.45, 7) is 5.42. The summed E-state index contributed by atoms with van der Waals surface area (Å²) in [5, 5.41) is 19.2. The van der Waals surface area contributed by atoms with Gasteiger partial charge >= 0.3 is 0 Å². The third-order valence-corrected chi connectivity index (χ3v) is 2.57. The summed E-state index contributed by atoms with van der Waals surface area (Å²) < 4.78 is 10.6. The van der Waals surface area contributed by atoms with Gasteiger partial charge in [0, 0.05) is 7.11 Å². The van der Waals surface area contributed by atoms with E-state index in [-0.39, 0.29) is 6.10 Å². The second-order valence-electron chi connectivity index (χ2n) is 4.06. The lowest BCUT2D eigenvalue weighted by atomic mass is 9.88. The van der Waals surface area contributed by atoms with Crippen LogP contribution >= 0.6 is 0 Å². The van der Waals surface area contributed by atoms with Crippen LogP contribution in [0, 0.1) is 0 Å². The molecular formula is C9H18O4. The van der Waals surface area contributed by atoms with Crippen LogP contribution in [0.15, 0.2) is 0 Å². The lowest BCUT2D eigenvalue weighted by Crippen LogP contribution is -2.61. The van der Waals surface area contributed by atoms with Gasteiger partial charge < -0.3 is 19.7 Å². The molecule has 2 N–H and O–H groups in total. The first kappa shape index (κ1) is 10.9. The number of aliphatic hydroxyl groups excluding tert-OH is 2. The zero-order valence-electron chi connectivity index (χ0n) is 8.52. The number of aliphatic hydroxyl groups is 2. The van der Waals surface area contributed by atoms with Gasteiger partial charge in [0.2, 0.25) is 0 Å². The van der Waals surface area contributed by atoms with E-state index >= 15 is 0 Å². The van der Waals surface area contributed by atoms with Gasteiger partial charge in [0.15, 0.2) is 0 Å². The molecule has 4 atom stereocenters. The van der Waals surface area contributed by atoms with Crippen LogP contribution in [0.5, 0.6) is 0 Å². The van der Waals surface area contributed by atoms with Gasteiger partial charge in [-0.3, -0.25) is 0 Å². The molecule has 78 valence electrons. The Kier molecular flexibility index (Phi) is 2.97. The Labute approximate surface area is 78.5 Å². The fourth-order valence-electron chi connectivity index (χ4n) is 1.91. The maximum atomic E-state index is 9.69. The minimum absolute atomic E-state index is 0.364. The van der Waals surface area contributed by atoms with Crippen molar-refractivity contribution < 1.29 is 19.7 Å². The molecular weight excluding hydrogens is 172 g/mol. The van der Waals surface area contributed by atoms with E-state index in [1.807, 2.05) is 13.8 Å². The topological polar surface area (TPSA) is 58.9 Å². The van der Waals surface area contributed by atoms with Crippen molar-refractivity contribution in [2.45, 2.75) is 50.8 Å². The van der Waals surface area contributed by atoms with Gasteiger partial charge in [0.25, 0.3) is 0 Å². The Morgan fingerprint density at radius 1 is 1.23 bits per heavy atom. The van der Waals surface area contributed by atoms with Crippen molar-refractivity contribution in [1.82, 2.24) is 0 Å².